The first-order valence-corrected chi connectivity index (χ1v) is 8.53. The summed E-state index contributed by atoms with van der Waals surface area (Å²) >= 11 is 0. The lowest BCUT2D eigenvalue weighted by atomic mass is 10.1. The summed E-state index contributed by atoms with van der Waals surface area (Å²) in [6.07, 6.45) is 0. The topological polar surface area (TPSA) is 69.6 Å². The number of rotatable bonds is 3. The molecule has 25 heavy (non-hydrogen) atoms. The number of piperazine rings is 1. The van der Waals surface area contributed by atoms with Gasteiger partial charge in [0.15, 0.2) is 0 Å². The van der Waals surface area contributed by atoms with Gasteiger partial charge in [-0.1, -0.05) is 12.1 Å². The van der Waals surface area contributed by atoms with E-state index in [1.165, 1.54) is 0 Å². The number of aliphatic hydroxyl groups excluding tert-OH is 1. The molecule has 3 aromatic rings. The monoisotopic (exact) mass is 336 g/mol. The van der Waals surface area contributed by atoms with Gasteiger partial charge in [-0.3, -0.25) is 9.69 Å². The smallest absolute Gasteiger partial charge is 0.254 e. The van der Waals surface area contributed by atoms with Gasteiger partial charge in [-0.2, -0.15) is 0 Å². The number of amides is 1. The van der Waals surface area contributed by atoms with Crippen LogP contribution in [0.2, 0.25) is 0 Å². The molecule has 0 atom stereocenters. The fraction of sp³-hybridized carbons (Fsp3) is 0.316. The maximum absolute atomic E-state index is 12.8. The number of carbonyl (C=O) groups is 1. The van der Waals surface area contributed by atoms with Crippen molar-refractivity contribution in [3.8, 4) is 0 Å². The molecule has 1 saturated heterocycles. The maximum Gasteiger partial charge on any atom is 0.254 e. The molecule has 2 aromatic carbocycles. The van der Waals surface area contributed by atoms with Crippen LogP contribution in [0.1, 0.15) is 10.4 Å². The summed E-state index contributed by atoms with van der Waals surface area (Å²) in [5.74, 6) is 0.0282. The molecule has 0 bridgehead atoms. The first-order chi connectivity index (χ1) is 12.2. The molecule has 0 radical (unpaired) electrons. The van der Waals surface area contributed by atoms with Crippen molar-refractivity contribution >= 4 is 28.0 Å². The zero-order valence-corrected chi connectivity index (χ0v) is 13.9. The second-order valence-corrected chi connectivity index (χ2v) is 6.27. The predicted octanol–water partition coefficient (Wildman–Crippen LogP) is 1.53. The molecule has 6 nitrogen and oxygen atoms in total. The molecular formula is C19H20N4O2. The highest BCUT2D eigenvalue weighted by Crippen LogP contribution is 2.18. The molecule has 2 heterocycles. The highest BCUT2D eigenvalue weighted by Gasteiger charge is 2.22. The van der Waals surface area contributed by atoms with Crippen LogP contribution in [-0.2, 0) is 0 Å². The van der Waals surface area contributed by atoms with Gasteiger partial charge in [0.1, 0.15) is 0 Å². The van der Waals surface area contributed by atoms with Gasteiger partial charge < -0.3 is 10.0 Å². The number of hydrogen-bond acceptors (Lipinski definition) is 5. The zero-order valence-electron chi connectivity index (χ0n) is 13.9. The number of carbonyl (C=O) groups excluding carboxylic acids is 1. The second-order valence-electron chi connectivity index (χ2n) is 6.27. The number of fused-ring (bicyclic) bond motifs is 2. The molecule has 0 saturated carbocycles. The Balaban J connectivity index is 1.58. The first kappa shape index (κ1) is 15.9. The predicted molar refractivity (Wildman–Crippen MR) is 96.5 cm³/mol. The van der Waals surface area contributed by atoms with E-state index in [1.54, 1.807) is 0 Å². The van der Waals surface area contributed by atoms with Gasteiger partial charge in [0.2, 0.25) is 0 Å². The van der Waals surface area contributed by atoms with Crippen LogP contribution in [0.25, 0.3) is 22.1 Å². The highest BCUT2D eigenvalue weighted by molar-refractivity contribution is 5.98. The fourth-order valence-electron chi connectivity index (χ4n) is 3.25. The number of β-amino-alcohol motifs (C(OH)–C–C–N with tert-alkyl or cyclic N) is 1. The van der Waals surface area contributed by atoms with Crippen LogP contribution in [0.15, 0.2) is 42.5 Å². The van der Waals surface area contributed by atoms with Crippen molar-refractivity contribution in [3.05, 3.63) is 48.0 Å². The molecule has 1 aliphatic rings. The summed E-state index contributed by atoms with van der Waals surface area (Å²) in [7, 11) is 0. The summed E-state index contributed by atoms with van der Waals surface area (Å²) in [5, 5.41) is 9.01. The number of aromatic nitrogens is 2. The van der Waals surface area contributed by atoms with E-state index < -0.39 is 0 Å². The van der Waals surface area contributed by atoms with Crippen LogP contribution in [0, 0.1) is 0 Å². The average molecular weight is 336 g/mol. The van der Waals surface area contributed by atoms with Crippen LogP contribution < -0.4 is 0 Å². The van der Waals surface area contributed by atoms with E-state index in [1.807, 2.05) is 47.4 Å². The SMILES string of the molecule is O=C(c1ccc2nc3ccccc3nc2c1)N1CCN(CCO)CC1. The van der Waals surface area contributed by atoms with Crippen LogP contribution >= 0.6 is 0 Å². The summed E-state index contributed by atoms with van der Waals surface area (Å²) < 4.78 is 0. The van der Waals surface area contributed by atoms with Gasteiger partial charge in [-0.15, -0.1) is 0 Å². The fourth-order valence-corrected chi connectivity index (χ4v) is 3.25. The van der Waals surface area contributed by atoms with Crippen LogP contribution in [0.3, 0.4) is 0 Å². The van der Waals surface area contributed by atoms with E-state index in [4.69, 9.17) is 5.11 Å². The number of aliphatic hydroxyl groups is 1. The third kappa shape index (κ3) is 3.18. The Bertz CT molecular complexity index is 920. The van der Waals surface area contributed by atoms with Gasteiger partial charge in [-0.05, 0) is 30.3 Å². The largest absolute Gasteiger partial charge is 0.395 e. The Kier molecular flexibility index (Phi) is 4.29. The van der Waals surface area contributed by atoms with E-state index in [2.05, 4.69) is 14.9 Å². The van der Waals surface area contributed by atoms with Crippen molar-refractivity contribution < 1.29 is 9.90 Å². The van der Waals surface area contributed by atoms with Crippen LogP contribution in [0.4, 0.5) is 0 Å². The van der Waals surface area contributed by atoms with E-state index in [0.717, 1.165) is 35.2 Å². The summed E-state index contributed by atoms with van der Waals surface area (Å²) in [6.45, 7) is 3.78. The van der Waals surface area contributed by atoms with Crippen molar-refractivity contribution in [2.75, 3.05) is 39.3 Å². The van der Waals surface area contributed by atoms with Crippen molar-refractivity contribution in [3.63, 3.8) is 0 Å². The first-order valence-electron chi connectivity index (χ1n) is 8.53. The quantitative estimate of drug-likeness (QED) is 0.735. The molecule has 1 aliphatic heterocycles. The standard InChI is InChI=1S/C19H20N4O2/c24-12-11-22-7-9-23(10-8-22)19(25)14-5-6-17-18(13-14)21-16-4-2-1-3-15(16)20-17/h1-6,13,24H,7-12H2. The van der Waals surface area contributed by atoms with Gasteiger partial charge in [0.05, 0.1) is 28.7 Å². The van der Waals surface area contributed by atoms with Crippen molar-refractivity contribution in [1.29, 1.82) is 0 Å². The molecule has 1 fully saturated rings. The third-order valence-electron chi connectivity index (χ3n) is 4.66. The highest BCUT2D eigenvalue weighted by atomic mass is 16.3. The summed E-state index contributed by atoms with van der Waals surface area (Å²) in [6, 6.07) is 13.3. The van der Waals surface area contributed by atoms with Gasteiger partial charge in [0, 0.05) is 38.3 Å². The minimum atomic E-state index is 0.0282. The molecule has 4 rings (SSSR count). The Morgan fingerprint density at radius 1 is 0.920 bits per heavy atom. The van der Waals surface area contributed by atoms with Gasteiger partial charge in [0.25, 0.3) is 5.91 Å². The van der Waals surface area contributed by atoms with E-state index >= 15 is 0 Å². The molecule has 1 amide bonds. The summed E-state index contributed by atoms with van der Waals surface area (Å²) in [4.78, 5) is 26.1. The van der Waals surface area contributed by atoms with Crippen molar-refractivity contribution in [2.24, 2.45) is 0 Å². The Hall–Kier alpha value is -2.57. The molecule has 0 unspecified atom stereocenters. The maximum atomic E-state index is 12.8. The molecule has 1 aromatic heterocycles. The lowest BCUT2D eigenvalue weighted by Gasteiger charge is -2.34. The normalized spacial score (nSPS) is 15.8. The van der Waals surface area contributed by atoms with Crippen molar-refractivity contribution in [1.82, 2.24) is 19.8 Å². The molecule has 0 aliphatic carbocycles. The number of hydrogen-bond donors (Lipinski definition) is 1. The number of nitrogens with zero attached hydrogens (tertiary/aromatic N) is 4. The van der Waals surface area contributed by atoms with E-state index in [9.17, 15) is 4.79 Å². The van der Waals surface area contributed by atoms with E-state index in [0.29, 0.717) is 25.2 Å². The zero-order chi connectivity index (χ0) is 17.2. The molecule has 1 N–H and O–H groups in total. The lowest BCUT2D eigenvalue weighted by Crippen LogP contribution is -2.49. The Labute approximate surface area is 145 Å². The Morgan fingerprint density at radius 2 is 1.56 bits per heavy atom. The molecular weight excluding hydrogens is 316 g/mol. The average Bonchev–Trinajstić information content (AvgIpc) is 2.66. The lowest BCUT2D eigenvalue weighted by molar-refractivity contribution is 0.0615. The minimum Gasteiger partial charge on any atom is -0.395 e. The van der Waals surface area contributed by atoms with Crippen LogP contribution in [0.5, 0.6) is 0 Å². The second kappa shape index (κ2) is 6.74. The van der Waals surface area contributed by atoms with Crippen LogP contribution in [-0.4, -0.2) is 70.1 Å². The number of benzene rings is 2. The van der Waals surface area contributed by atoms with E-state index in [-0.39, 0.29) is 12.5 Å². The third-order valence-corrected chi connectivity index (χ3v) is 4.66. The van der Waals surface area contributed by atoms with Gasteiger partial charge >= 0.3 is 0 Å². The molecule has 0 spiro atoms. The molecule has 6 heteroatoms. The van der Waals surface area contributed by atoms with Gasteiger partial charge in [-0.25, -0.2) is 9.97 Å². The number of para-hydroxylation sites is 2. The molecule has 128 valence electrons. The summed E-state index contributed by atoms with van der Waals surface area (Å²) in [5.41, 5.74) is 3.87. The Morgan fingerprint density at radius 3 is 2.24 bits per heavy atom. The van der Waals surface area contributed by atoms with Crippen molar-refractivity contribution in [2.45, 2.75) is 0 Å². The minimum absolute atomic E-state index is 0.0282.